The fraction of sp³-hybridized carbons (Fsp3) is 0.533. The van der Waals surface area contributed by atoms with Gasteiger partial charge in [-0.3, -0.25) is 9.10 Å². The molecule has 7 heteroatoms. The lowest BCUT2D eigenvalue weighted by atomic mass is 10.3. The van der Waals surface area contributed by atoms with Crippen molar-refractivity contribution in [3.8, 4) is 0 Å². The number of amides is 1. The first kappa shape index (κ1) is 18.4. The number of carbonyl (C=O) groups excluding carboxylic acids is 1. The van der Waals surface area contributed by atoms with Gasteiger partial charge in [-0.1, -0.05) is 13.8 Å². The normalized spacial score (nSPS) is 11.3. The van der Waals surface area contributed by atoms with Crippen molar-refractivity contribution in [1.82, 2.24) is 4.90 Å². The van der Waals surface area contributed by atoms with Crippen molar-refractivity contribution in [1.29, 1.82) is 0 Å². The van der Waals surface area contributed by atoms with Gasteiger partial charge in [0.15, 0.2) is 0 Å². The highest BCUT2D eigenvalue weighted by Gasteiger charge is 2.23. The average molecular weight is 330 g/mol. The molecule has 1 amide bonds. The van der Waals surface area contributed by atoms with Crippen LogP contribution in [0.1, 0.15) is 26.7 Å². The second-order valence-corrected chi connectivity index (χ2v) is 7.03. The molecular weight excluding hydrogens is 307 g/mol. The highest BCUT2D eigenvalue weighted by atomic mass is 32.2. The summed E-state index contributed by atoms with van der Waals surface area (Å²) in [5.41, 5.74) is 0.283. The van der Waals surface area contributed by atoms with Gasteiger partial charge in [-0.2, -0.15) is 0 Å². The fourth-order valence-electron chi connectivity index (χ4n) is 2.13. The number of carbonyl (C=O) groups is 1. The predicted octanol–water partition coefficient (Wildman–Crippen LogP) is 2.24. The molecule has 1 aromatic carbocycles. The molecule has 0 saturated heterocycles. The summed E-state index contributed by atoms with van der Waals surface area (Å²) in [6.07, 6.45) is 2.65. The Morgan fingerprint density at radius 2 is 1.59 bits per heavy atom. The third-order valence-corrected chi connectivity index (χ3v) is 4.27. The number of benzene rings is 1. The summed E-state index contributed by atoms with van der Waals surface area (Å²) in [7, 11) is -3.63. The molecule has 0 fully saturated rings. The van der Waals surface area contributed by atoms with E-state index >= 15 is 0 Å². The van der Waals surface area contributed by atoms with Gasteiger partial charge < -0.3 is 4.90 Å². The van der Waals surface area contributed by atoms with Crippen molar-refractivity contribution in [2.45, 2.75) is 26.7 Å². The van der Waals surface area contributed by atoms with Crippen molar-refractivity contribution in [3.05, 3.63) is 30.1 Å². The van der Waals surface area contributed by atoms with Gasteiger partial charge in [-0.25, -0.2) is 12.8 Å². The number of nitrogens with zero attached hydrogens (tertiary/aromatic N) is 2. The summed E-state index contributed by atoms with van der Waals surface area (Å²) < 4.78 is 37.9. The summed E-state index contributed by atoms with van der Waals surface area (Å²) in [6.45, 7) is 4.83. The van der Waals surface area contributed by atoms with E-state index in [9.17, 15) is 17.6 Å². The highest BCUT2D eigenvalue weighted by Crippen LogP contribution is 2.18. The van der Waals surface area contributed by atoms with E-state index < -0.39 is 15.8 Å². The van der Waals surface area contributed by atoms with E-state index in [-0.39, 0.29) is 18.1 Å². The Morgan fingerprint density at radius 3 is 2.00 bits per heavy atom. The Balaban J connectivity index is 2.99. The fourth-order valence-corrected chi connectivity index (χ4v) is 2.98. The van der Waals surface area contributed by atoms with Crippen LogP contribution in [0.25, 0.3) is 0 Å². The number of halogens is 1. The highest BCUT2D eigenvalue weighted by molar-refractivity contribution is 7.92. The van der Waals surface area contributed by atoms with Gasteiger partial charge in [0.05, 0.1) is 11.9 Å². The number of rotatable bonds is 8. The molecule has 0 heterocycles. The summed E-state index contributed by atoms with van der Waals surface area (Å²) in [6, 6.07) is 5.06. The molecule has 0 aliphatic rings. The molecule has 1 aromatic rings. The minimum atomic E-state index is -3.63. The summed E-state index contributed by atoms with van der Waals surface area (Å²) in [4.78, 5) is 14.0. The number of hydrogen-bond acceptors (Lipinski definition) is 3. The van der Waals surface area contributed by atoms with Gasteiger partial charge in [0.1, 0.15) is 12.4 Å². The summed E-state index contributed by atoms with van der Waals surface area (Å²) >= 11 is 0. The zero-order valence-corrected chi connectivity index (χ0v) is 14.1. The number of hydrogen-bond donors (Lipinski definition) is 0. The van der Waals surface area contributed by atoms with Crippen LogP contribution >= 0.6 is 0 Å². The molecule has 0 bridgehead atoms. The second kappa shape index (κ2) is 8.12. The van der Waals surface area contributed by atoms with Crippen LogP contribution in [0, 0.1) is 5.82 Å². The van der Waals surface area contributed by atoms with Crippen LogP contribution in [0.5, 0.6) is 0 Å². The molecule has 124 valence electrons. The van der Waals surface area contributed by atoms with Gasteiger partial charge in [0.2, 0.25) is 15.9 Å². The van der Waals surface area contributed by atoms with E-state index in [2.05, 4.69) is 0 Å². The maximum atomic E-state index is 13.0. The molecule has 0 N–H and O–H groups in total. The minimum Gasteiger partial charge on any atom is -0.341 e. The largest absolute Gasteiger partial charge is 0.341 e. The third-order valence-electron chi connectivity index (χ3n) is 3.13. The molecule has 0 atom stereocenters. The van der Waals surface area contributed by atoms with Crippen LogP contribution in [0.15, 0.2) is 24.3 Å². The van der Waals surface area contributed by atoms with Crippen molar-refractivity contribution in [2.75, 3.05) is 30.2 Å². The molecule has 0 aromatic heterocycles. The molecular formula is C15H23FN2O3S. The average Bonchev–Trinajstić information content (AvgIpc) is 2.44. The Bertz CT molecular complexity index is 581. The first-order valence-corrected chi connectivity index (χ1v) is 9.15. The van der Waals surface area contributed by atoms with E-state index in [0.717, 1.165) is 23.4 Å². The van der Waals surface area contributed by atoms with Crippen molar-refractivity contribution in [2.24, 2.45) is 0 Å². The molecule has 0 aliphatic carbocycles. The molecule has 5 nitrogen and oxygen atoms in total. The monoisotopic (exact) mass is 330 g/mol. The summed E-state index contributed by atoms with van der Waals surface area (Å²) in [5, 5.41) is 0. The third kappa shape index (κ3) is 5.29. The van der Waals surface area contributed by atoms with E-state index in [1.165, 1.54) is 24.3 Å². The first-order valence-electron chi connectivity index (χ1n) is 7.30. The Hall–Kier alpha value is -1.63. The zero-order chi connectivity index (χ0) is 16.8. The van der Waals surface area contributed by atoms with Crippen LogP contribution in [0.2, 0.25) is 0 Å². The Labute approximate surface area is 131 Å². The molecule has 0 unspecified atom stereocenters. The quantitative estimate of drug-likeness (QED) is 0.734. The van der Waals surface area contributed by atoms with Gasteiger partial charge in [0.25, 0.3) is 0 Å². The van der Waals surface area contributed by atoms with Crippen LogP contribution in [-0.4, -0.2) is 45.1 Å². The maximum Gasteiger partial charge on any atom is 0.243 e. The summed E-state index contributed by atoms with van der Waals surface area (Å²) in [5.74, 6) is -0.708. The van der Waals surface area contributed by atoms with E-state index in [4.69, 9.17) is 0 Å². The van der Waals surface area contributed by atoms with Crippen LogP contribution in [0.4, 0.5) is 10.1 Å². The molecule has 1 rings (SSSR count). The van der Waals surface area contributed by atoms with Gasteiger partial charge in [-0.15, -0.1) is 0 Å². The predicted molar refractivity (Wildman–Crippen MR) is 85.8 cm³/mol. The molecule has 0 saturated carbocycles. The molecule has 0 radical (unpaired) electrons. The van der Waals surface area contributed by atoms with Crippen molar-refractivity contribution in [3.63, 3.8) is 0 Å². The van der Waals surface area contributed by atoms with Gasteiger partial charge in [-0.05, 0) is 37.1 Å². The van der Waals surface area contributed by atoms with E-state index in [1.54, 1.807) is 4.90 Å². The SMILES string of the molecule is CCCN(CCC)C(=O)CN(c1ccc(F)cc1)S(C)(=O)=O. The first-order chi connectivity index (χ1) is 10.3. The molecule has 0 aliphatic heterocycles. The van der Waals surface area contributed by atoms with Crippen LogP contribution in [0.3, 0.4) is 0 Å². The van der Waals surface area contributed by atoms with Crippen LogP contribution < -0.4 is 4.31 Å². The molecule has 22 heavy (non-hydrogen) atoms. The smallest absolute Gasteiger partial charge is 0.243 e. The topological polar surface area (TPSA) is 57.7 Å². The number of sulfonamides is 1. The van der Waals surface area contributed by atoms with Crippen LogP contribution in [-0.2, 0) is 14.8 Å². The van der Waals surface area contributed by atoms with E-state index in [1.807, 2.05) is 13.8 Å². The van der Waals surface area contributed by atoms with E-state index in [0.29, 0.717) is 13.1 Å². The van der Waals surface area contributed by atoms with Crippen molar-refractivity contribution < 1.29 is 17.6 Å². The second-order valence-electron chi connectivity index (χ2n) is 5.13. The van der Waals surface area contributed by atoms with Gasteiger partial charge in [0, 0.05) is 13.1 Å². The molecule has 0 spiro atoms. The Morgan fingerprint density at radius 1 is 1.09 bits per heavy atom. The zero-order valence-electron chi connectivity index (χ0n) is 13.3. The van der Waals surface area contributed by atoms with Gasteiger partial charge >= 0.3 is 0 Å². The number of anilines is 1. The lowest BCUT2D eigenvalue weighted by Gasteiger charge is -2.27. The standard InChI is InChI=1S/C15H23FN2O3S/c1-4-10-17(11-5-2)15(19)12-18(22(3,20)21)14-8-6-13(16)7-9-14/h6-9H,4-5,10-12H2,1-3H3. The lowest BCUT2D eigenvalue weighted by Crippen LogP contribution is -2.43. The minimum absolute atomic E-state index is 0.251. The van der Waals surface area contributed by atoms with Crippen molar-refractivity contribution >= 4 is 21.6 Å². The lowest BCUT2D eigenvalue weighted by molar-refractivity contribution is -0.129. The Kier molecular flexibility index (Phi) is 6.80. The maximum absolute atomic E-state index is 13.0.